The summed E-state index contributed by atoms with van der Waals surface area (Å²) in [5.74, 6) is 0.382. The number of benzene rings is 2. The van der Waals surface area contributed by atoms with Gasteiger partial charge in [-0.2, -0.15) is 0 Å². The van der Waals surface area contributed by atoms with Crippen LogP contribution >= 0.6 is 35.0 Å². The van der Waals surface area contributed by atoms with Crippen molar-refractivity contribution in [2.45, 2.75) is 11.8 Å². The molecular weight excluding hydrogens is 395 g/mol. The summed E-state index contributed by atoms with van der Waals surface area (Å²) < 4.78 is 5.50. The number of carbonyl (C=O) groups is 1. The van der Waals surface area contributed by atoms with Crippen LogP contribution in [-0.2, 0) is 11.3 Å². The highest BCUT2D eigenvalue weighted by atomic mass is 35.5. The largest absolute Gasteiger partial charge is 0.414 e. The number of amides is 1. The van der Waals surface area contributed by atoms with E-state index in [-0.39, 0.29) is 11.7 Å². The molecule has 1 heterocycles. The number of thioether (sulfide) groups is 1. The van der Waals surface area contributed by atoms with Crippen LogP contribution in [0.2, 0.25) is 10.0 Å². The third-order valence-corrected chi connectivity index (χ3v) is 4.44. The van der Waals surface area contributed by atoms with E-state index in [0.717, 1.165) is 17.4 Å². The fourth-order valence-electron chi connectivity index (χ4n) is 2.03. The van der Waals surface area contributed by atoms with Crippen molar-refractivity contribution in [3.8, 4) is 0 Å². The predicted molar refractivity (Wildman–Crippen MR) is 104 cm³/mol. The SMILES string of the molecule is O=C(CSc1nnc(CNc2cccc(Cl)c2)o1)Nc1cccc(Cl)c1. The fourth-order valence-corrected chi connectivity index (χ4v) is 3.00. The fraction of sp³-hybridized carbons (Fsp3) is 0.118. The number of aromatic nitrogens is 2. The highest BCUT2D eigenvalue weighted by Crippen LogP contribution is 2.19. The Morgan fingerprint density at radius 2 is 1.73 bits per heavy atom. The minimum Gasteiger partial charge on any atom is -0.414 e. The summed E-state index contributed by atoms with van der Waals surface area (Å²) in [6.45, 7) is 0.364. The van der Waals surface area contributed by atoms with Gasteiger partial charge in [0, 0.05) is 21.4 Å². The van der Waals surface area contributed by atoms with Crippen molar-refractivity contribution >= 4 is 52.2 Å². The van der Waals surface area contributed by atoms with Gasteiger partial charge in [-0.15, -0.1) is 10.2 Å². The molecule has 0 saturated carbocycles. The van der Waals surface area contributed by atoms with E-state index in [4.69, 9.17) is 27.6 Å². The highest BCUT2D eigenvalue weighted by Gasteiger charge is 2.10. The lowest BCUT2D eigenvalue weighted by Crippen LogP contribution is -2.13. The molecule has 0 aliphatic carbocycles. The normalized spacial score (nSPS) is 10.5. The lowest BCUT2D eigenvalue weighted by molar-refractivity contribution is -0.113. The van der Waals surface area contributed by atoms with Crippen molar-refractivity contribution in [3.63, 3.8) is 0 Å². The summed E-state index contributed by atoms with van der Waals surface area (Å²) in [6.07, 6.45) is 0. The molecule has 26 heavy (non-hydrogen) atoms. The van der Waals surface area contributed by atoms with Gasteiger partial charge in [-0.25, -0.2) is 0 Å². The van der Waals surface area contributed by atoms with Gasteiger partial charge in [0.15, 0.2) is 0 Å². The first-order chi connectivity index (χ1) is 12.6. The smallest absolute Gasteiger partial charge is 0.277 e. The number of halogens is 2. The van der Waals surface area contributed by atoms with Crippen LogP contribution in [0, 0.1) is 0 Å². The monoisotopic (exact) mass is 408 g/mol. The first-order valence-corrected chi connectivity index (χ1v) is 9.33. The second-order valence-corrected chi connectivity index (χ2v) is 6.97. The summed E-state index contributed by atoms with van der Waals surface area (Å²) >= 11 is 13.0. The zero-order valence-electron chi connectivity index (χ0n) is 13.4. The molecule has 1 aromatic heterocycles. The maximum absolute atomic E-state index is 12.0. The molecule has 6 nitrogen and oxygen atoms in total. The number of carbonyl (C=O) groups excluding carboxylic acids is 1. The zero-order chi connectivity index (χ0) is 18.4. The summed E-state index contributed by atoms with van der Waals surface area (Å²) in [7, 11) is 0. The van der Waals surface area contributed by atoms with Gasteiger partial charge >= 0.3 is 0 Å². The summed E-state index contributed by atoms with van der Waals surface area (Å²) in [4.78, 5) is 12.0. The first-order valence-electron chi connectivity index (χ1n) is 7.58. The average molecular weight is 409 g/mol. The molecule has 9 heteroatoms. The van der Waals surface area contributed by atoms with Crippen molar-refractivity contribution < 1.29 is 9.21 Å². The molecule has 134 valence electrons. The van der Waals surface area contributed by atoms with E-state index in [2.05, 4.69) is 20.8 Å². The Labute approximate surface area is 164 Å². The van der Waals surface area contributed by atoms with Crippen molar-refractivity contribution in [2.24, 2.45) is 0 Å². The van der Waals surface area contributed by atoms with E-state index in [1.165, 1.54) is 0 Å². The molecule has 0 saturated heterocycles. The van der Waals surface area contributed by atoms with Crippen molar-refractivity contribution in [1.29, 1.82) is 0 Å². The van der Waals surface area contributed by atoms with Crippen LogP contribution in [0.15, 0.2) is 58.2 Å². The summed E-state index contributed by atoms with van der Waals surface area (Å²) in [6, 6.07) is 14.3. The van der Waals surface area contributed by atoms with E-state index in [1.807, 2.05) is 12.1 Å². The highest BCUT2D eigenvalue weighted by molar-refractivity contribution is 7.99. The van der Waals surface area contributed by atoms with Crippen LogP contribution in [0.3, 0.4) is 0 Å². The number of anilines is 2. The van der Waals surface area contributed by atoms with Crippen molar-refractivity contribution in [2.75, 3.05) is 16.4 Å². The zero-order valence-corrected chi connectivity index (χ0v) is 15.7. The second kappa shape index (κ2) is 8.93. The Kier molecular flexibility index (Phi) is 6.38. The minimum absolute atomic E-state index is 0.149. The molecule has 0 fully saturated rings. The second-order valence-electron chi connectivity index (χ2n) is 5.17. The van der Waals surface area contributed by atoms with Crippen molar-refractivity contribution in [1.82, 2.24) is 10.2 Å². The molecule has 1 amide bonds. The van der Waals surface area contributed by atoms with E-state index >= 15 is 0 Å². The maximum atomic E-state index is 12.0. The standard InChI is InChI=1S/C17H14Cl2N4O2S/c18-11-3-1-5-13(7-11)20-9-16-22-23-17(25-16)26-10-15(24)21-14-6-2-4-12(19)8-14/h1-8,20H,9-10H2,(H,21,24). The molecule has 0 unspecified atom stereocenters. The van der Waals surface area contributed by atoms with E-state index in [9.17, 15) is 4.79 Å². The third kappa shape index (κ3) is 5.66. The van der Waals surface area contributed by atoms with Crippen LogP contribution in [0.25, 0.3) is 0 Å². The molecule has 0 aliphatic rings. The number of rotatable bonds is 7. The number of nitrogens with one attached hydrogen (secondary N) is 2. The molecular formula is C17H14Cl2N4O2S. The Morgan fingerprint density at radius 1 is 1.04 bits per heavy atom. The number of nitrogens with zero attached hydrogens (tertiary/aromatic N) is 2. The Bertz CT molecular complexity index is 904. The van der Waals surface area contributed by atoms with Gasteiger partial charge in [0.25, 0.3) is 5.22 Å². The molecule has 0 bridgehead atoms. The van der Waals surface area contributed by atoms with Crippen molar-refractivity contribution in [3.05, 3.63) is 64.5 Å². The van der Waals surface area contributed by atoms with Crippen LogP contribution in [0.5, 0.6) is 0 Å². The molecule has 0 radical (unpaired) electrons. The lowest BCUT2D eigenvalue weighted by atomic mass is 10.3. The van der Waals surface area contributed by atoms with Gasteiger partial charge in [0.2, 0.25) is 11.8 Å². The summed E-state index contributed by atoms with van der Waals surface area (Å²) in [5.41, 5.74) is 1.49. The molecule has 0 spiro atoms. The van der Waals surface area contributed by atoms with Gasteiger partial charge < -0.3 is 15.1 Å². The van der Waals surface area contributed by atoms with E-state index in [0.29, 0.717) is 33.4 Å². The first kappa shape index (κ1) is 18.6. The maximum Gasteiger partial charge on any atom is 0.277 e. The molecule has 2 N–H and O–H groups in total. The van der Waals surface area contributed by atoms with E-state index < -0.39 is 0 Å². The summed E-state index contributed by atoms with van der Waals surface area (Å²) in [5, 5.41) is 15.3. The average Bonchev–Trinajstić information content (AvgIpc) is 3.06. The Hall–Kier alpha value is -2.22. The molecule has 3 rings (SSSR count). The Balaban J connectivity index is 1.46. The minimum atomic E-state index is -0.186. The predicted octanol–water partition coefficient (Wildman–Crippen LogP) is 4.72. The van der Waals surface area contributed by atoms with Crippen LogP contribution in [0.4, 0.5) is 11.4 Å². The quantitative estimate of drug-likeness (QED) is 0.550. The van der Waals surface area contributed by atoms with Gasteiger partial charge in [-0.1, -0.05) is 47.1 Å². The van der Waals surface area contributed by atoms with Crippen LogP contribution in [-0.4, -0.2) is 21.9 Å². The van der Waals surface area contributed by atoms with Crippen LogP contribution < -0.4 is 10.6 Å². The topological polar surface area (TPSA) is 80.1 Å². The third-order valence-electron chi connectivity index (χ3n) is 3.15. The molecule has 0 aliphatic heterocycles. The lowest BCUT2D eigenvalue weighted by Gasteiger charge is -2.04. The molecule has 0 atom stereocenters. The van der Waals surface area contributed by atoms with E-state index in [1.54, 1.807) is 36.4 Å². The van der Waals surface area contributed by atoms with Gasteiger partial charge in [0.1, 0.15) is 0 Å². The number of hydrogen-bond donors (Lipinski definition) is 2. The Morgan fingerprint density at radius 3 is 2.46 bits per heavy atom. The van der Waals surface area contributed by atoms with Gasteiger partial charge in [-0.05, 0) is 36.4 Å². The van der Waals surface area contributed by atoms with Gasteiger partial charge in [-0.3, -0.25) is 4.79 Å². The molecule has 2 aromatic carbocycles. The molecule has 3 aromatic rings. The van der Waals surface area contributed by atoms with Crippen LogP contribution in [0.1, 0.15) is 5.89 Å². The van der Waals surface area contributed by atoms with Gasteiger partial charge in [0.05, 0.1) is 12.3 Å². The number of hydrogen-bond acceptors (Lipinski definition) is 6.